The molecule has 19 heavy (non-hydrogen) atoms. The smallest absolute Gasteiger partial charge is 0.220 e. The van der Waals surface area contributed by atoms with Gasteiger partial charge in [-0.3, -0.25) is 4.79 Å². The molecule has 108 valence electrons. The number of halogens is 1. The van der Waals surface area contributed by atoms with Gasteiger partial charge in [-0.05, 0) is 38.1 Å². The van der Waals surface area contributed by atoms with Crippen molar-refractivity contribution in [2.45, 2.75) is 19.8 Å². The summed E-state index contributed by atoms with van der Waals surface area (Å²) in [6, 6.07) is 7.92. The zero-order valence-electron chi connectivity index (χ0n) is 11.6. The van der Waals surface area contributed by atoms with Crippen LogP contribution in [0.5, 0.6) is 5.75 Å². The SMILES string of the molecule is CNCCNC(=O)CCCOc1cccc(C)c1.Cl. The van der Waals surface area contributed by atoms with Gasteiger partial charge < -0.3 is 15.4 Å². The molecule has 1 rings (SSSR count). The summed E-state index contributed by atoms with van der Waals surface area (Å²) in [6.45, 7) is 4.07. The van der Waals surface area contributed by atoms with E-state index in [0.29, 0.717) is 19.6 Å². The van der Waals surface area contributed by atoms with Gasteiger partial charge in [0.05, 0.1) is 6.61 Å². The van der Waals surface area contributed by atoms with E-state index < -0.39 is 0 Å². The molecule has 1 aromatic rings. The maximum atomic E-state index is 11.4. The Morgan fingerprint density at radius 1 is 1.32 bits per heavy atom. The first-order valence-corrected chi connectivity index (χ1v) is 6.33. The zero-order chi connectivity index (χ0) is 13.2. The molecule has 5 heteroatoms. The topological polar surface area (TPSA) is 50.4 Å². The van der Waals surface area contributed by atoms with Crippen molar-refractivity contribution in [1.29, 1.82) is 0 Å². The Hall–Kier alpha value is -1.26. The molecule has 1 amide bonds. The summed E-state index contributed by atoms with van der Waals surface area (Å²) in [5.41, 5.74) is 1.18. The monoisotopic (exact) mass is 286 g/mol. The number of nitrogens with one attached hydrogen (secondary N) is 2. The fourth-order valence-corrected chi connectivity index (χ4v) is 1.54. The predicted molar refractivity (Wildman–Crippen MR) is 80.1 cm³/mol. The van der Waals surface area contributed by atoms with E-state index in [1.54, 1.807) is 0 Å². The van der Waals surface area contributed by atoms with E-state index in [-0.39, 0.29) is 18.3 Å². The second-order valence-electron chi connectivity index (χ2n) is 4.22. The lowest BCUT2D eigenvalue weighted by molar-refractivity contribution is -0.121. The van der Waals surface area contributed by atoms with Crippen molar-refractivity contribution in [3.05, 3.63) is 29.8 Å². The number of amides is 1. The van der Waals surface area contributed by atoms with Crippen molar-refractivity contribution < 1.29 is 9.53 Å². The fraction of sp³-hybridized carbons (Fsp3) is 0.500. The summed E-state index contributed by atoms with van der Waals surface area (Å²) < 4.78 is 5.57. The number of carbonyl (C=O) groups is 1. The minimum Gasteiger partial charge on any atom is -0.494 e. The summed E-state index contributed by atoms with van der Waals surface area (Å²) in [5, 5.41) is 5.81. The van der Waals surface area contributed by atoms with Crippen LogP contribution in [-0.4, -0.2) is 32.7 Å². The van der Waals surface area contributed by atoms with E-state index in [0.717, 1.165) is 18.7 Å². The number of likely N-dealkylation sites (N-methyl/N-ethyl adjacent to an activating group) is 1. The number of carbonyl (C=O) groups excluding carboxylic acids is 1. The van der Waals surface area contributed by atoms with E-state index >= 15 is 0 Å². The van der Waals surface area contributed by atoms with Gasteiger partial charge in [-0.25, -0.2) is 0 Å². The average Bonchev–Trinajstić information content (AvgIpc) is 2.35. The van der Waals surface area contributed by atoms with Gasteiger partial charge in [0.25, 0.3) is 0 Å². The third-order valence-electron chi connectivity index (χ3n) is 2.50. The van der Waals surface area contributed by atoms with Gasteiger partial charge in [0, 0.05) is 19.5 Å². The average molecular weight is 287 g/mol. The molecule has 4 nitrogen and oxygen atoms in total. The van der Waals surface area contributed by atoms with Crippen LogP contribution in [0, 0.1) is 6.92 Å². The van der Waals surface area contributed by atoms with Crippen molar-refractivity contribution in [2.75, 3.05) is 26.7 Å². The van der Waals surface area contributed by atoms with Crippen LogP contribution in [0.2, 0.25) is 0 Å². The number of rotatable bonds is 8. The molecule has 0 bridgehead atoms. The molecule has 0 aliphatic carbocycles. The van der Waals surface area contributed by atoms with Crippen molar-refractivity contribution in [2.24, 2.45) is 0 Å². The van der Waals surface area contributed by atoms with Gasteiger partial charge in [-0.15, -0.1) is 12.4 Å². The normalized spacial score (nSPS) is 9.58. The minimum absolute atomic E-state index is 0. The largest absolute Gasteiger partial charge is 0.494 e. The Morgan fingerprint density at radius 3 is 2.79 bits per heavy atom. The van der Waals surface area contributed by atoms with E-state index in [4.69, 9.17) is 4.74 Å². The summed E-state index contributed by atoms with van der Waals surface area (Å²) >= 11 is 0. The molecular formula is C14H23ClN2O2. The van der Waals surface area contributed by atoms with E-state index in [1.165, 1.54) is 5.56 Å². The zero-order valence-corrected chi connectivity index (χ0v) is 12.4. The van der Waals surface area contributed by atoms with Gasteiger partial charge in [-0.2, -0.15) is 0 Å². The van der Waals surface area contributed by atoms with Crippen LogP contribution in [-0.2, 0) is 4.79 Å². The maximum Gasteiger partial charge on any atom is 0.220 e. The third-order valence-corrected chi connectivity index (χ3v) is 2.50. The van der Waals surface area contributed by atoms with E-state index in [1.807, 2.05) is 38.2 Å². The van der Waals surface area contributed by atoms with Crippen LogP contribution >= 0.6 is 12.4 Å². The lowest BCUT2D eigenvalue weighted by Crippen LogP contribution is -2.30. The Morgan fingerprint density at radius 2 is 2.11 bits per heavy atom. The number of benzene rings is 1. The lowest BCUT2D eigenvalue weighted by Gasteiger charge is -2.07. The maximum absolute atomic E-state index is 11.4. The Balaban J connectivity index is 0.00000324. The first kappa shape index (κ1) is 17.7. The van der Waals surface area contributed by atoms with Gasteiger partial charge in [-0.1, -0.05) is 12.1 Å². The molecule has 0 aliphatic heterocycles. The predicted octanol–water partition coefficient (Wildman–Crippen LogP) is 1.91. The number of hydrogen-bond acceptors (Lipinski definition) is 3. The lowest BCUT2D eigenvalue weighted by atomic mass is 10.2. The Kier molecular flexibility index (Phi) is 9.94. The van der Waals surface area contributed by atoms with Crippen LogP contribution in [0.1, 0.15) is 18.4 Å². The van der Waals surface area contributed by atoms with Crippen LogP contribution in [0.25, 0.3) is 0 Å². The molecular weight excluding hydrogens is 264 g/mol. The molecule has 0 aliphatic rings. The van der Waals surface area contributed by atoms with Crippen LogP contribution in [0.15, 0.2) is 24.3 Å². The first-order valence-electron chi connectivity index (χ1n) is 6.33. The fourth-order valence-electron chi connectivity index (χ4n) is 1.54. The van der Waals surface area contributed by atoms with Gasteiger partial charge in [0.1, 0.15) is 5.75 Å². The summed E-state index contributed by atoms with van der Waals surface area (Å²) in [5.74, 6) is 0.948. The highest BCUT2D eigenvalue weighted by Gasteiger charge is 2.00. The van der Waals surface area contributed by atoms with E-state index in [9.17, 15) is 4.79 Å². The van der Waals surface area contributed by atoms with Gasteiger partial charge >= 0.3 is 0 Å². The van der Waals surface area contributed by atoms with Crippen LogP contribution < -0.4 is 15.4 Å². The van der Waals surface area contributed by atoms with Crippen LogP contribution in [0.3, 0.4) is 0 Å². The standard InChI is InChI=1S/C14H22N2O2.ClH/c1-12-5-3-6-13(11-12)18-10-4-7-14(17)16-9-8-15-2;/h3,5-6,11,15H,4,7-10H2,1-2H3,(H,16,17);1H. The number of aryl methyl sites for hydroxylation is 1. The highest BCUT2D eigenvalue weighted by atomic mass is 35.5. The van der Waals surface area contributed by atoms with Crippen molar-refractivity contribution in [3.63, 3.8) is 0 Å². The second-order valence-corrected chi connectivity index (χ2v) is 4.22. The number of hydrogen-bond donors (Lipinski definition) is 2. The third kappa shape index (κ3) is 8.46. The van der Waals surface area contributed by atoms with Crippen LogP contribution in [0.4, 0.5) is 0 Å². The summed E-state index contributed by atoms with van der Waals surface area (Å²) in [6.07, 6.45) is 1.24. The molecule has 0 saturated heterocycles. The second kappa shape index (κ2) is 10.6. The van der Waals surface area contributed by atoms with E-state index in [2.05, 4.69) is 10.6 Å². The Bertz CT molecular complexity index is 372. The molecule has 0 heterocycles. The van der Waals surface area contributed by atoms with Crippen molar-refractivity contribution in [3.8, 4) is 5.75 Å². The molecule has 1 aromatic carbocycles. The molecule has 0 saturated carbocycles. The summed E-state index contributed by atoms with van der Waals surface area (Å²) in [7, 11) is 1.86. The molecule has 0 aromatic heterocycles. The molecule has 0 atom stereocenters. The molecule has 2 N–H and O–H groups in total. The first-order chi connectivity index (χ1) is 8.72. The Labute approximate surface area is 121 Å². The quantitative estimate of drug-likeness (QED) is 0.718. The van der Waals surface area contributed by atoms with Crippen molar-refractivity contribution >= 4 is 18.3 Å². The molecule has 0 fully saturated rings. The van der Waals surface area contributed by atoms with Crippen molar-refractivity contribution in [1.82, 2.24) is 10.6 Å². The molecule has 0 unspecified atom stereocenters. The van der Waals surface area contributed by atoms with Gasteiger partial charge in [0.15, 0.2) is 0 Å². The molecule has 0 radical (unpaired) electrons. The molecule has 0 spiro atoms. The summed E-state index contributed by atoms with van der Waals surface area (Å²) in [4.78, 5) is 11.4. The highest BCUT2D eigenvalue weighted by molar-refractivity contribution is 5.85. The number of ether oxygens (including phenoxy) is 1. The van der Waals surface area contributed by atoms with Gasteiger partial charge in [0.2, 0.25) is 5.91 Å². The minimum atomic E-state index is 0. The highest BCUT2D eigenvalue weighted by Crippen LogP contribution is 2.12.